The molecule has 1 unspecified atom stereocenters. The predicted molar refractivity (Wildman–Crippen MR) is 96.0 cm³/mol. The number of methoxy groups -OCH3 is 1. The SMILES string of the molecule is C=C(CCC(=C)OCCOc1ccc(C(C)CC)cc1)COC. The minimum Gasteiger partial charge on any atom is -0.495 e. The smallest absolute Gasteiger partial charge is 0.122 e. The summed E-state index contributed by atoms with van der Waals surface area (Å²) in [6.07, 6.45) is 2.75. The van der Waals surface area contributed by atoms with Crippen molar-refractivity contribution in [1.82, 2.24) is 0 Å². The molecule has 0 aliphatic rings. The van der Waals surface area contributed by atoms with Crippen molar-refractivity contribution < 1.29 is 14.2 Å². The lowest BCUT2D eigenvalue weighted by Gasteiger charge is -2.12. The van der Waals surface area contributed by atoms with Crippen molar-refractivity contribution >= 4 is 0 Å². The average molecular weight is 318 g/mol. The molecule has 1 rings (SSSR count). The van der Waals surface area contributed by atoms with Crippen LogP contribution in [0.2, 0.25) is 0 Å². The maximum absolute atomic E-state index is 5.69. The van der Waals surface area contributed by atoms with Gasteiger partial charge in [-0.2, -0.15) is 0 Å². The van der Waals surface area contributed by atoms with Gasteiger partial charge in [0.25, 0.3) is 0 Å². The average Bonchev–Trinajstić information content (AvgIpc) is 2.57. The second-order valence-corrected chi connectivity index (χ2v) is 5.80. The summed E-state index contributed by atoms with van der Waals surface area (Å²) < 4.78 is 16.3. The minimum absolute atomic E-state index is 0.503. The quantitative estimate of drug-likeness (QED) is 0.305. The van der Waals surface area contributed by atoms with Gasteiger partial charge in [-0.15, -0.1) is 0 Å². The zero-order valence-corrected chi connectivity index (χ0v) is 14.8. The van der Waals surface area contributed by atoms with Crippen LogP contribution in [0.15, 0.2) is 48.8 Å². The van der Waals surface area contributed by atoms with E-state index >= 15 is 0 Å². The third-order valence-electron chi connectivity index (χ3n) is 3.83. The van der Waals surface area contributed by atoms with E-state index in [-0.39, 0.29) is 0 Å². The molecule has 0 fully saturated rings. The van der Waals surface area contributed by atoms with Crippen molar-refractivity contribution in [3.8, 4) is 5.75 Å². The maximum Gasteiger partial charge on any atom is 0.122 e. The largest absolute Gasteiger partial charge is 0.495 e. The Kier molecular flexibility index (Phi) is 9.15. The fraction of sp³-hybridized carbons (Fsp3) is 0.500. The highest BCUT2D eigenvalue weighted by Crippen LogP contribution is 2.21. The van der Waals surface area contributed by atoms with Gasteiger partial charge in [-0.05, 0) is 36.5 Å². The van der Waals surface area contributed by atoms with E-state index in [1.165, 1.54) is 5.56 Å². The molecule has 0 spiro atoms. The zero-order chi connectivity index (χ0) is 17.1. The standard InChI is InChI=1S/C20H30O3/c1-6-17(3)19-9-11-20(12-10-19)23-14-13-22-18(4)8-7-16(2)15-21-5/h9-12,17H,2,4,6-8,13-15H2,1,3,5H3. The molecule has 1 atom stereocenters. The van der Waals surface area contributed by atoms with Crippen LogP contribution in [0.25, 0.3) is 0 Å². The fourth-order valence-electron chi connectivity index (χ4n) is 2.14. The molecule has 0 saturated carbocycles. The molecule has 1 aromatic rings. The van der Waals surface area contributed by atoms with Crippen LogP contribution >= 0.6 is 0 Å². The van der Waals surface area contributed by atoms with Gasteiger partial charge in [-0.25, -0.2) is 0 Å². The van der Waals surface area contributed by atoms with Crippen LogP contribution in [0.3, 0.4) is 0 Å². The van der Waals surface area contributed by atoms with E-state index in [1.807, 2.05) is 12.1 Å². The first kappa shape index (κ1) is 19.3. The van der Waals surface area contributed by atoms with Gasteiger partial charge in [0.05, 0.1) is 12.4 Å². The molecule has 3 nitrogen and oxygen atoms in total. The summed E-state index contributed by atoms with van der Waals surface area (Å²) in [7, 11) is 1.67. The van der Waals surface area contributed by atoms with Crippen molar-refractivity contribution in [2.24, 2.45) is 0 Å². The number of allylic oxidation sites excluding steroid dienone is 1. The molecular formula is C20H30O3. The molecule has 3 heteroatoms. The Bertz CT molecular complexity index is 476. The van der Waals surface area contributed by atoms with Gasteiger partial charge in [0, 0.05) is 13.5 Å². The van der Waals surface area contributed by atoms with Gasteiger partial charge < -0.3 is 14.2 Å². The summed E-state index contributed by atoms with van der Waals surface area (Å²) in [4.78, 5) is 0. The van der Waals surface area contributed by atoms with Crippen molar-refractivity contribution in [3.05, 3.63) is 54.3 Å². The number of hydrogen-bond acceptors (Lipinski definition) is 3. The van der Waals surface area contributed by atoms with Crippen LogP contribution < -0.4 is 4.74 Å². The van der Waals surface area contributed by atoms with Crippen LogP contribution in [0.1, 0.15) is 44.6 Å². The number of hydrogen-bond donors (Lipinski definition) is 0. The summed E-state index contributed by atoms with van der Waals surface area (Å²) in [6.45, 7) is 13.9. The highest BCUT2D eigenvalue weighted by molar-refractivity contribution is 5.29. The molecule has 0 heterocycles. The van der Waals surface area contributed by atoms with Gasteiger partial charge in [-0.3, -0.25) is 0 Å². The van der Waals surface area contributed by atoms with E-state index in [4.69, 9.17) is 14.2 Å². The fourth-order valence-corrected chi connectivity index (χ4v) is 2.14. The molecule has 0 amide bonds. The molecule has 0 N–H and O–H groups in total. The molecule has 0 saturated heterocycles. The first-order chi connectivity index (χ1) is 11.1. The van der Waals surface area contributed by atoms with Crippen molar-refractivity contribution in [1.29, 1.82) is 0 Å². The van der Waals surface area contributed by atoms with E-state index in [9.17, 15) is 0 Å². The van der Waals surface area contributed by atoms with Crippen molar-refractivity contribution in [2.75, 3.05) is 26.9 Å². The lowest BCUT2D eigenvalue weighted by molar-refractivity contribution is 0.150. The van der Waals surface area contributed by atoms with E-state index in [0.29, 0.717) is 25.7 Å². The van der Waals surface area contributed by atoms with E-state index in [0.717, 1.165) is 36.3 Å². The molecule has 128 valence electrons. The summed E-state index contributed by atoms with van der Waals surface area (Å²) in [5.74, 6) is 2.22. The maximum atomic E-state index is 5.69. The Balaban J connectivity index is 2.19. The first-order valence-electron chi connectivity index (χ1n) is 8.25. The van der Waals surface area contributed by atoms with Gasteiger partial charge in [0.2, 0.25) is 0 Å². The number of rotatable bonds is 12. The lowest BCUT2D eigenvalue weighted by Crippen LogP contribution is -2.06. The topological polar surface area (TPSA) is 27.7 Å². The first-order valence-corrected chi connectivity index (χ1v) is 8.25. The molecule has 0 aliphatic carbocycles. The van der Waals surface area contributed by atoms with Gasteiger partial charge >= 0.3 is 0 Å². The third kappa shape index (κ3) is 7.89. The summed E-state index contributed by atoms with van der Waals surface area (Å²) in [6, 6.07) is 8.30. The van der Waals surface area contributed by atoms with Gasteiger partial charge in [0.1, 0.15) is 19.0 Å². The monoisotopic (exact) mass is 318 g/mol. The van der Waals surface area contributed by atoms with Crippen LogP contribution in [-0.2, 0) is 9.47 Å². The second kappa shape index (κ2) is 10.9. The van der Waals surface area contributed by atoms with Crippen LogP contribution in [-0.4, -0.2) is 26.9 Å². The highest BCUT2D eigenvalue weighted by atomic mass is 16.5. The second-order valence-electron chi connectivity index (χ2n) is 5.80. The van der Waals surface area contributed by atoms with Crippen molar-refractivity contribution in [2.45, 2.75) is 39.0 Å². The third-order valence-corrected chi connectivity index (χ3v) is 3.83. The zero-order valence-electron chi connectivity index (χ0n) is 14.8. The molecule has 23 heavy (non-hydrogen) atoms. The van der Waals surface area contributed by atoms with Crippen LogP contribution in [0, 0.1) is 0 Å². The highest BCUT2D eigenvalue weighted by Gasteiger charge is 2.03. The van der Waals surface area contributed by atoms with Crippen molar-refractivity contribution in [3.63, 3.8) is 0 Å². The number of ether oxygens (including phenoxy) is 3. The summed E-state index contributed by atoms with van der Waals surface area (Å²) in [5, 5.41) is 0. The van der Waals surface area contributed by atoms with E-state index in [1.54, 1.807) is 7.11 Å². The van der Waals surface area contributed by atoms with Crippen LogP contribution in [0.5, 0.6) is 5.75 Å². The van der Waals surface area contributed by atoms with Gasteiger partial charge in [0.15, 0.2) is 0 Å². The molecule has 0 bridgehead atoms. The Labute approximate surface area is 141 Å². The summed E-state index contributed by atoms with van der Waals surface area (Å²) >= 11 is 0. The molecule has 0 aromatic heterocycles. The predicted octanol–water partition coefficient (Wildman–Crippen LogP) is 5.09. The van der Waals surface area contributed by atoms with E-state index in [2.05, 4.69) is 39.1 Å². The van der Waals surface area contributed by atoms with Gasteiger partial charge in [-0.1, -0.05) is 44.7 Å². The van der Waals surface area contributed by atoms with E-state index < -0.39 is 0 Å². The Morgan fingerprint density at radius 3 is 2.39 bits per heavy atom. The Hall–Kier alpha value is -1.74. The normalized spacial score (nSPS) is 11.8. The Morgan fingerprint density at radius 2 is 1.78 bits per heavy atom. The molecule has 0 aliphatic heterocycles. The van der Waals surface area contributed by atoms with Crippen LogP contribution in [0.4, 0.5) is 0 Å². The number of benzene rings is 1. The lowest BCUT2D eigenvalue weighted by atomic mass is 9.99. The molecular weight excluding hydrogens is 288 g/mol. The summed E-state index contributed by atoms with van der Waals surface area (Å²) in [5.41, 5.74) is 2.40. The molecule has 1 aromatic carbocycles. The minimum atomic E-state index is 0.503. The Morgan fingerprint density at radius 1 is 1.09 bits per heavy atom. The molecule has 0 radical (unpaired) electrons.